The average Bonchev–Trinajstić information content (AvgIpc) is 3.07. The number of nitrogens with zero attached hydrogens (tertiary/aromatic N) is 2. The van der Waals surface area contributed by atoms with Gasteiger partial charge in [0, 0.05) is 23.0 Å². The Kier molecular flexibility index (Phi) is 5.05. The topological polar surface area (TPSA) is 41.9 Å². The van der Waals surface area contributed by atoms with Crippen LogP contribution in [0.25, 0.3) is 10.8 Å². The number of hydrogen-bond donors (Lipinski definition) is 2. The van der Waals surface area contributed by atoms with E-state index in [0.717, 1.165) is 22.3 Å². The molecule has 0 bridgehead atoms. The molecule has 3 aromatic carbocycles. The van der Waals surface area contributed by atoms with E-state index in [1.807, 2.05) is 48.5 Å². The molecule has 6 heteroatoms. The smallest absolute Gasteiger partial charge is 0.175 e. The molecule has 0 fully saturated rings. The van der Waals surface area contributed by atoms with E-state index in [1.54, 1.807) is 17.1 Å². The van der Waals surface area contributed by atoms with Crippen LogP contribution >= 0.6 is 23.8 Å². The van der Waals surface area contributed by atoms with Crippen LogP contribution in [0.1, 0.15) is 5.56 Å². The first-order valence-corrected chi connectivity index (χ1v) is 9.29. The van der Waals surface area contributed by atoms with Gasteiger partial charge in [-0.05, 0) is 41.4 Å². The molecule has 4 aromatic rings. The highest BCUT2D eigenvalue weighted by Gasteiger charge is 2.04. The van der Waals surface area contributed by atoms with Gasteiger partial charge in [-0.3, -0.25) is 4.68 Å². The van der Waals surface area contributed by atoms with Gasteiger partial charge in [0.1, 0.15) is 0 Å². The molecule has 0 saturated carbocycles. The summed E-state index contributed by atoms with van der Waals surface area (Å²) >= 11 is 11.4. The number of thiocarbonyl (C=S) groups is 1. The molecule has 0 unspecified atom stereocenters. The van der Waals surface area contributed by atoms with Crippen LogP contribution in [0.2, 0.25) is 5.02 Å². The number of fused-ring (bicyclic) bond motifs is 1. The van der Waals surface area contributed by atoms with Crippen molar-refractivity contribution in [3.63, 3.8) is 0 Å². The van der Waals surface area contributed by atoms with Crippen LogP contribution in [0.3, 0.4) is 0 Å². The van der Waals surface area contributed by atoms with Gasteiger partial charge < -0.3 is 10.6 Å². The number of aromatic nitrogens is 2. The summed E-state index contributed by atoms with van der Waals surface area (Å²) in [5.41, 5.74) is 3.00. The highest BCUT2D eigenvalue weighted by molar-refractivity contribution is 7.80. The third-order valence-electron chi connectivity index (χ3n) is 4.17. The summed E-state index contributed by atoms with van der Waals surface area (Å²) in [5, 5.41) is 14.2. The van der Waals surface area contributed by atoms with Crippen molar-refractivity contribution in [2.75, 3.05) is 10.6 Å². The molecular formula is C21H17ClN4S. The van der Waals surface area contributed by atoms with E-state index in [-0.39, 0.29) is 0 Å². The Morgan fingerprint density at radius 2 is 1.81 bits per heavy atom. The Labute approximate surface area is 167 Å². The van der Waals surface area contributed by atoms with Crippen molar-refractivity contribution in [1.29, 1.82) is 0 Å². The Bertz CT molecular complexity index is 1100. The minimum absolute atomic E-state index is 0.547. The van der Waals surface area contributed by atoms with Gasteiger partial charge >= 0.3 is 0 Å². The molecule has 0 aliphatic rings. The number of hydrogen-bond acceptors (Lipinski definition) is 2. The quantitative estimate of drug-likeness (QED) is 0.447. The third kappa shape index (κ3) is 4.27. The first kappa shape index (κ1) is 17.5. The van der Waals surface area contributed by atoms with E-state index in [2.05, 4.69) is 33.9 Å². The molecule has 4 rings (SSSR count). The fourth-order valence-electron chi connectivity index (χ4n) is 2.98. The molecule has 0 atom stereocenters. The predicted molar refractivity (Wildman–Crippen MR) is 117 cm³/mol. The molecule has 0 spiro atoms. The van der Waals surface area contributed by atoms with E-state index in [1.165, 1.54) is 5.39 Å². The normalized spacial score (nSPS) is 10.7. The van der Waals surface area contributed by atoms with E-state index in [0.29, 0.717) is 16.7 Å². The minimum atomic E-state index is 0.547. The molecule has 27 heavy (non-hydrogen) atoms. The first-order chi connectivity index (χ1) is 13.2. The summed E-state index contributed by atoms with van der Waals surface area (Å²) in [6, 6.07) is 22.4. The number of rotatable bonds is 4. The van der Waals surface area contributed by atoms with Crippen LogP contribution in [0.15, 0.2) is 79.1 Å². The van der Waals surface area contributed by atoms with Gasteiger partial charge in [-0.25, -0.2) is 0 Å². The number of halogens is 1. The summed E-state index contributed by atoms with van der Waals surface area (Å²) < 4.78 is 1.80. The molecule has 0 saturated heterocycles. The zero-order chi connectivity index (χ0) is 18.6. The van der Waals surface area contributed by atoms with Crippen molar-refractivity contribution in [3.8, 4) is 0 Å². The van der Waals surface area contributed by atoms with Gasteiger partial charge in [-0.1, -0.05) is 60.1 Å². The second-order valence-electron chi connectivity index (χ2n) is 6.16. The number of nitrogens with one attached hydrogen (secondary N) is 2. The van der Waals surface area contributed by atoms with E-state index in [9.17, 15) is 0 Å². The third-order valence-corrected chi connectivity index (χ3v) is 4.57. The molecule has 0 aliphatic heterocycles. The number of anilines is 2. The molecular weight excluding hydrogens is 376 g/mol. The van der Waals surface area contributed by atoms with Gasteiger partial charge in [-0.15, -0.1) is 0 Å². The van der Waals surface area contributed by atoms with Gasteiger partial charge in [0.05, 0.1) is 17.8 Å². The van der Waals surface area contributed by atoms with Gasteiger partial charge in [0.2, 0.25) is 0 Å². The van der Waals surface area contributed by atoms with Crippen LogP contribution in [-0.2, 0) is 6.54 Å². The maximum Gasteiger partial charge on any atom is 0.175 e. The van der Waals surface area contributed by atoms with Crippen LogP contribution < -0.4 is 10.6 Å². The molecule has 0 aliphatic carbocycles. The van der Waals surface area contributed by atoms with Crippen molar-refractivity contribution < 1.29 is 0 Å². The van der Waals surface area contributed by atoms with Crippen LogP contribution in [0, 0.1) is 0 Å². The Balaban J connectivity index is 1.47. The maximum absolute atomic E-state index is 5.92. The Morgan fingerprint density at radius 1 is 1.00 bits per heavy atom. The van der Waals surface area contributed by atoms with Gasteiger partial charge in [0.15, 0.2) is 5.11 Å². The van der Waals surface area contributed by atoms with Crippen molar-refractivity contribution in [1.82, 2.24) is 9.78 Å². The van der Waals surface area contributed by atoms with Crippen LogP contribution in [-0.4, -0.2) is 14.9 Å². The Morgan fingerprint density at radius 3 is 2.67 bits per heavy atom. The summed E-state index contributed by atoms with van der Waals surface area (Å²) in [6.45, 7) is 0.645. The predicted octanol–water partition coefficient (Wildman–Crippen LogP) is 5.55. The molecule has 134 valence electrons. The lowest BCUT2D eigenvalue weighted by atomic mass is 10.1. The lowest BCUT2D eigenvalue weighted by molar-refractivity contribution is 0.687. The molecule has 0 amide bonds. The fourth-order valence-corrected chi connectivity index (χ4v) is 3.36. The summed E-state index contributed by atoms with van der Waals surface area (Å²) in [5.74, 6) is 0. The lowest BCUT2D eigenvalue weighted by Crippen LogP contribution is -2.19. The largest absolute Gasteiger partial charge is 0.332 e. The monoisotopic (exact) mass is 392 g/mol. The van der Waals surface area contributed by atoms with Gasteiger partial charge in [-0.2, -0.15) is 5.10 Å². The highest BCUT2D eigenvalue weighted by atomic mass is 35.5. The van der Waals surface area contributed by atoms with Gasteiger partial charge in [0.25, 0.3) is 0 Å². The number of benzene rings is 3. The van der Waals surface area contributed by atoms with Crippen molar-refractivity contribution >= 4 is 51.1 Å². The molecule has 1 aromatic heterocycles. The molecule has 0 radical (unpaired) electrons. The zero-order valence-corrected chi connectivity index (χ0v) is 16.0. The van der Waals surface area contributed by atoms with Crippen LogP contribution in [0.4, 0.5) is 11.4 Å². The average molecular weight is 393 g/mol. The standard InChI is InChI=1S/C21H17ClN4S/c22-17-12-23-26(14-17)13-15-5-3-8-18(11-15)24-21(27)25-20-10-4-7-16-6-1-2-9-19(16)20/h1-12,14H,13H2,(H2,24,25,27). The summed E-state index contributed by atoms with van der Waals surface area (Å²) in [6.07, 6.45) is 3.43. The molecule has 2 N–H and O–H groups in total. The lowest BCUT2D eigenvalue weighted by Gasteiger charge is -2.13. The maximum atomic E-state index is 5.92. The summed E-state index contributed by atoms with van der Waals surface area (Å²) in [7, 11) is 0. The second-order valence-corrected chi connectivity index (χ2v) is 7.01. The van der Waals surface area contributed by atoms with Crippen LogP contribution in [0.5, 0.6) is 0 Å². The highest BCUT2D eigenvalue weighted by Crippen LogP contribution is 2.23. The van der Waals surface area contributed by atoms with Crippen molar-refractivity contribution in [2.24, 2.45) is 0 Å². The van der Waals surface area contributed by atoms with Crippen molar-refractivity contribution in [2.45, 2.75) is 6.54 Å². The zero-order valence-electron chi connectivity index (χ0n) is 14.4. The first-order valence-electron chi connectivity index (χ1n) is 8.50. The SMILES string of the molecule is S=C(Nc1cccc(Cn2cc(Cl)cn2)c1)Nc1cccc2ccccc12. The minimum Gasteiger partial charge on any atom is -0.332 e. The van der Waals surface area contributed by atoms with E-state index in [4.69, 9.17) is 23.8 Å². The molecule has 1 heterocycles. The summed E-state index contributed by atoms with van der Waals surface area (Å²) in [4.78, 5) is 0. The van der Waals surface area contributed by atoms with E-state index >= 15 is 0 Å². The van der Waals surface area contributed by atoms with E-state index < -0.39 is 0 Å². The Hall–Kier alpha value is -2.89. The molecule has 4 nitrogen and oxygen atoms in total. The van der Waals surface area contributed by atoms with Crippen molar-refractivity contribution in [3.05, 3.63) is 89.7 Å². The fraction of sp³-hybridized carbons (Fsp3) is 0.0476. The second kappa shape index (κ2) is 7.78.